The molecule has 0 aliphatic carbocycles. The van der Waals surface area contributed by atoms with Gasteiger partial charge in [-0.25, -0.2) is 0 Å². The van der Waals surface area contributed by atoms with Gasteiger partial charge >= 0.3 is 0 Å². The molecule has 14 heavy (non-hydrogen) atoms. The first-order chi connectivity index (χ1) is 6.43. The van der Waals surface area contributed by atoms with Crippen molar-refractivity contribution in [3.63, 3.8) is 0 Å². The number of nitrogens with two attached hydrogens (primary N) is 2. The topological polar surface area (TPSA) is 132 Å². The zero-order valence-corrected chi connectivity index (χ0v) is 6.94. The van der Waals surface area contributed by atoms with Crippen LogP contribution >= 0.6 is 0 Å². The molecule has 1 aromatic rings. The van der Waals surface area contributed by atoms with Gasteiger partial charge in [-0.2, -0.15) is 0 Å². The summed E-state index contributed by atoms with van der Waals surface area (Å²) in [5.74, 6) is -3.03. The number of anilines is 2. The average Bonchev–Trinajstić information content (AvgIpc) is 2.07. The van der Waals surface area contributed by atoms with Crippen LogP contribution < -0.4 is 21.7 Å². The Morgan fingerprint density at radius 3 is 1.43 bits per heavy atom. The smallest absolute Gasteiger partial charge is 0.0736 e. The second-order valence-corrected chi connectivity index (χ2v) is 2.60. The molecule has 6 nitrogen and oxygen atoms in total. The molecule has 0 atom stereocenters. The van der Waals surface area contributed by atoms with Gasteiger partial charge in [0.2, 0.25) is 0 Å². The number of carbonyl (C=O) groups excluding carboxylic acids is 2. The SMILES string of the molecule is Nc1cc(C(=O)[O-])c(N)cc1C(=O)[O-]. The lowest BCUT2D eigenvalue weighted by Crippen LogP contribution is -2.26. The minimum absolute atomic E-state index is 0.224. The van der Waals surface area contributed by atoms with E-state index in [0.29, 0.717) is 0 Å². The summed E-state index contributed by atoms with van der Waals surface area (Å²) in [5, 5.41) is 20.9. The van der Waals surface area contributed by atoms with Gasteiger partial charge in [0.15, 0.2) is 0 Å². The first kappa shape index (κ1) is 9.85. The van der Waals surface area contributed by atoms with Gasteiger partial charge in [0.1, 0.15) is 0 Å². The van der Waals surface area contributed by atoms with Crippen molar-refractivity contribution in [1.82, 2.24) is 0 Å². The predicted molar refractivity (Wildman–Crippen MR) is 43.9 cm³/mol. The van der Waals surface area contributed by atoms with E-state index in [4.69, 9.17) is 11.5 Å². The van der Waals surface area contributed by atoms with Crippen molar-refractivity contribution >= 4 is 23.3 Å². The maximum absolute atomic E-state index is 10.4. The lowest BCUT2D eigenvalue weighted by molar-refractivity contribution is -0.256. The predicted octanol–water partition coefficient (Wildman–Crippen LogP) is -2.42. The molecule has 0 unspecified atom stereocenters. The van der Waals surface area contributed by atoms with Gasteiger partial charge in [-0.3, -0.25) is 0 Å². The van der Waals surface area contributed by atoms with Crippen molar-refractivity contribution in [1.29, 1.82) is 0 Å². The van der Waals surface area contributed by atoms with Gasteiger partial charge in [-0.15, -0.1) is 0 Å². The van der Waals surface area contributed by atoms with Crippen LogP contribution in [-0.4, -0.2) is 11.9 Å². The van der Waals surface area contributed by atoms with Crippen LogP contribution in [0.15, 0.2) is 12.1 Å². The molecule has 1 rings (SSSR count). The van der Waals surface area contributed by atoms with Crippen molar-refractivity contribution in [3.8, 4) is 0 Å². The number of nitrogen functional groups attached to an aromatic ring is 2. The lowest BCUT2D eigenvalue weighted by atomic mass is 10.1. The van der Waals surface area contributed by atoms with Crippen molar-refractivity contribution in [2.24, 2.45) is 0 Å². The average molecular weight is 194 g/mol. The van der Waals surface area contributed by atoms with Crippen LogP contribution in [0, 0.1) is 0 Å². The Hall–Kier alpha value is -2.24. The molecular formula is C8H6N2O4-2. The van der Waals surface area contributed by atoms with E-state index in [1.807, 2.05) is 0 Å². The molecule has 0 amide bonds. The highest BCUT2D eigenvalue weighted by atomic mass is 16.4. The van der Waals surface area contributed by atoms with Gasteiger partial charge in [-0.1, -0.05) is 0 Å². The van der Waals surface area contributed by atoms with Crippen molar-refractivity contribution in [3.05, 3.63) is 23.3 Å². The summed E-state index contributed by atoms with van der Waals surface area (Å²) in [4.78, 5) is 20.9. The fourth-order valence-electron chi connectivity index (χ4n) is 0.987. The largest absolute Gasteiger partial charge is 0.545 e. The fourth-order valence-corrected chi connectivity index (χ4v) is 0.987. The molecule has 0 saturated heterocycles. The van der Waals surface area contributed by atoms with Gasteiger partial charge in [0, 0.05) is 22.5 Å². The van der Waals surface area contributed by atoms with Crippen LogP contribution in [0.25, 0.3) is 0 Å². The molecule has 0 aliphatic heterocycles. The van der Waals surface area contributed by atoms with E-state index in [9.17, 15) is 19.8 Å². The summed E-state index contributed by atoms with van der Waals surface area (Å²) in [6.07, 6.45) is 0. The molecule has 6 heteroatoms. The maximum Gasteiger partial charge on any atom is 0.0736 e. The fraction of sp³-hybridized carbons (Fsp3) is 0. The molecule has 4 N–H and O–H groups in total. The Morgan fingerprint density at radius 2 is 1.21 bits per heavy atom. The van der Waals surface area contributed by atoms with E-state index >= 15 is 0 Å². The van der Waals surface area contributed by atoms with E-state index < -0.39 is 11.9 Å². The number of hydrogen-bond acceptors (Lipinski definition) is 6. The number of benzene rings is 1. The van der Waals surface area contributed by atoms with Crippen molar-refractivity contribution in [2.45, 2.75) is 0 Å². The summed E-state index contributed by atoms with van der Waals surface area (Å²) in [5.41, 5.74) is 9.40. The van der Waals surface area contributed by atoms with Gasteiger partial charge in [0.05, 0.1) is 11.9 Å². The number of carboxylic acids is 2. The van der Waals surface area contributed by atoms with Crippen LogP contribution in [0.4, 0.5) is 11.4 Å². The normalized spacial score (nSPS) is 9.71. The van der Waals surface area contributed by atoms with Gasteiger partial charge in [0.25, 0.3) is 0 Å². The summed E-state index contributed by atoms with van der Waals surface area (Å²) in [7, 11) is 0. The van der Waals surface area contributed by atoms with E-state index in [0.717, 1.165) is 12.1 Å². The minimum Gasteiger partial charge on any atom is -0.545 e. The highest BCUT2D eigenvalue weighted by molar-refractivity contribution is 5.99. The summed E-state index contributed by atoms with van der Waals surface area (Å²) < 4.78 is 0. The van der Waals surface area contributed by atoms with Gasteiger partial charge in [-0.05, 0) is 12.1 Å². The quantitative estimate of drug-likeness (QED) is 0.503. The van der Waals surface area contributed by atoms with Crippen LogP contribution in [0.1, 0.15) is 20.7 Å². The summed E-state index contributed by atoms with van der Waals surface area (Å²) in [6, 6.07) is 1.85. The summed E-state index contributed by atoms with van der Waals surface area (Å²) in [6.45, 7) is 0. The number of carbonyl (C=O) groups is 2. The molecule has 0 aliphatic rings. The molecule has 1 aromatic carbocycles. The molecule has 0 saturated carbocycles. The molecule has 0 fully saturated rings. The molecule has 0 spiro atoms. The third-order valence-electron chi connectivity index (χ3n) is 1.66. The van der Waals surface area contributed by atoms with Crippen LogP contribution in [-0.2, 0) is 0 Å². The monoisotopic (exact) mass is 194 g/mol. The Kier molecular flexibility index (Phi) is 2.29. The molecule has 0 heterocycles. The molecular weight excluding hydrogens is 188 g/mol. The molecule has 74 valence electrons. The highest BCUT2D eigenvalue weighted by Gasteiger charge is 2.06. The number of hydrogen-bond donors (Lipinski definition) is 2. The zero-order chi connectivity index (χ0) is 10.9. The third-order valence-corrected chi connectivity index (χ3v) is 1.66. The van der Waals surface area contributed by atoms with Gasteiger partial charge < -0.3 is 31.3 Å². The molecule has 0 aromatic heterocycles. The lowest BCUT2D eigenvalue weighted by Gasteiger charge is -2.12. The Labute approximate surface area is 78.8 Å². The Morgan fingerprint density at radius 1 is 0.929 bits per heavy atom. The van der Waals surface area contributed by atoms with Crippen LogP contribution in [0.5, 0.6) is 0 Å². The number of rotatable bonds is 2. The molecule has 0 radical (unpaired) electrons. The Balaban J connectivity index is 3.38. The van der Waals surface area contributed by atoms with E-state index in [-0.39, 0.29) is 22.5 Å². The number of aromatic carboxylic acids is 2. The van der Waals surface area contributed by atoms with Crippen molar-refractivity contribution < 1.29 is 19.8 Å². The van der Waals surface area contributed by atoms with E-state index in [1.165, 1.54) is 0 Å². The molecule has 0 bridgehead atoms. The van der Waals surface area contributed by atoms with Crippen LogP contribution in [0.3, 0.4) is 0 Å². The minimum atomic E-state index is -1.51. The zero-order valence-electron chi connectivity index (χ0n) is 6.94. The third kappa shape index (κ3) is 1.58. The maximum atomic E-state index is 10.4. The second kappa shape index (κ2) is 3.25. The van der Waals surface area contributed by atoms with Crippen molar-refractivity contribution in [2.75, 3.05) is 11.5 Å². The van der Waals surface area contributed by atoms with E-state index in [1.54, 1.807) is 0 Å². The number of carboxylic acid groups (broad SMARTS) is 2. The first-order valence-electron chi connectivity index (χ1n) is 3.55. The standard InChI is InChI=1S/C8H8N2O4/c9-5-1-3(7(11)12)6(10)2-4(5)8(13)14/h1-2H,9-10H2,(H,11,12)(H,13,14)/p-2. The Bertz CT molecular complexity index is 374. The first-order valence-corrected chi connectivity index (χ1v) is 3.55. The van der Waals surface area contributed by atoms with E-state index in [2.05, 4.69) is 0 Å². The summed E-state index contributed by atoms with van der Waals surface area (Å²) >= 11 is 0. The second-order valence-electron chi connectivity index (χ2n) is 2.60. The highest BCUT2D eigenvalue weighted by Crippen LogP contribution is 2.19. The van der Waals surface area contributed by atoms with Crippen LogP contribution in [0.2, 0.25) is 0 Å².